The van der Waals surface area contributed by atoms with Crippen LogP contribution in [0.1, 0.15) is 10.5 Å². The molecule has 0 aliphatic carbocycles. The Morgan fingerprint density at radius 2 is 2.33 bits per heavy atom. The molecule has 0 fully saturated rings. The molecular formula is C6H8N4O2. The number of nitrogens with one attached hydrogen (secondary N) is 2. The molecule has 0 saturated carbocycles. The average molecular weight is 168 g/mol. The molecule has 1 aromatic rings. The number of hydrogen-bond donors (Lipinski definition) is 3. The van der Waals surface area contributed by atoms with E-state index in [0.717, 1.165) is 0 Å². The second kappa shape index (κ2) is 3.63. The highest BCUT2D eigenvalue weighted by molar-refractivity contribution is 5.91. The minimum absolute atomic E-state index is 0.0596. The zero-order chi connectivity index (χ0) is 8.97. The number of hydrogen-bond acceptors (Lipinski definition) is 5. The van der Waals surface area contributed by atoms with Crippen molar-refractivity contribution < 1.29 is 10.0 Å². The monoisotopic (exact) mass is 168 g/mol. The molecule has 0 radical (unpaired) electrons. The summed E-state index contributed by atoms with van der Waals surface area (Å²) in [7, 11) is 1.66. The second-order valence-electron chi connectivity index (χ2n) is 1.98. The Balaban J connectivity index is 2.93. The van der Waals surface area contributed by atoms with Gasteiger partial charge in [0.15, 0.2) is 5.69 Å². The first-order chi connectivity index (χ1) is 5.77. The smallest absolute Gasteiger partial charge is 0.294 e. The van der Waals surface area contributed by atoms with Gasteiger partial charge in [-0.1, -0.05) is 0 Å². The molecule has 0 unspecified atom stereocenters. The minimum atomic E-state index is -0.681. The predicted molar refractivity (Wildman–Crippen MR) is 40.8 cm³/mol. The van der Waals surface area contributed by atoms with E-state index in [2.05, 4.69) is 15.3 Å². The standard InChI is InChI=1S/C6H8N4O2/c1-7-5-3-8-2-4(9-5)6(11)10-12/h2-3,12H,1H3,(H,7,9)(H,10,11). The highest BCUT2D eigenvalue weighted by Gasteiger charge is 2.05. The van der Waals surface area contributed by atoms with Crippen LogP contribution in [0, 0.1) is 0 Å². The second-order valence-corrected chi connectivity index (χ2v) is 1.98. The van der Waals surface area contributed by atoms with Crippen LogP contribution in [0.25, 0.3) is 0 Å². The Labute approximate surface area is 68.6 Å². The Hall–Kier alpha value is -1.69. The first-order valence-corrected chi connectivity index (χ1v) is 3.22. The molecule has 1 amide bonds. The number of rotatable bonds is 2. The highest BCUT2D eigenvalue weighted by atomic mass is 16.5. The Morgan fingerprint density at radius 1 is 1.58 bits per heavy atom. The summed E-state index contributed by atoms with van der Waals surface area (Å²) < 4.78 is 0. The third-order valence-electron chi connectivity index (χ3n) is 1.22. The average Bonchev–Trinajstić information content (AvgIpc) is 2.17. The largest absolute Gasteiger partial charge is 0.372 e. The summed E-state index contributed by atoms with van der Waals surface area (Å²) in [4.78, 5) is 18.3. The fourth-order valence-electron chi connectivity index (χ4n) is 0.653. The van der Waals surface area contributed by atoms with Crippen molar-refractivity contribution in [1.29, 1.82) is 0 Å². The van der Waals surface area contributed by atoms with Gasteiger partial charge < -0.3 is 5.32 Å². The van der Waals surface area contributed by atoms with Gasteiger partial charge in [0.05, 0.1) is 12.4 Å². The zero-order valence-electron chi connectivity index (χ0n) is 6.40. The zero-order valence-corrected chi connectivity index (χ0v) is 6.40. The lowest BCUT2D eigenvalue weighted by Gasteiger charge is -2.00. The number of anilines is 1. The van der Waals surface area contributed by atoms with Crippen molar-refractivity contribution >= 4 is 11.7 Å². The summed E-state index contributed by atoms with van der Waals surface area (Å²) in [6.45, 7) is 0. The molecule has 1 rings (SSSR count). The fraction of sp³-hybridized carbons (Fsp3) is 0.167. The maximum atomic E-state index is 10.8. The molecule has 6 heteroatoms. The first kappa shape index (κ1) is 8.41. The number of amides is 1. The lowest BCUT2D eigenvalue weighted by atomic mass is 10.4. The van der Waals surface area contributed by atoms with Crippen LogP contribution in [0.3, 0.4) is 0 Å². The highest BCUT2D eigenvalue weighted by Crippen LogP contribution is 1.99. The van der Waals surface area contributed by atoms with Gasteiger partial charge in [-0.3, -0.25) is 15.0 Å². The van der Waals surface area contributed by atoms with E-state index in [1.807, 2.05) is 0 Å². The van der Waals surface area contributed by atoms with Crippen LogP contribution >= 0.6 is 0 Å². The maximum Gasteiger partial charge on any atom is 0.294 e. The summed E-state index contributed by atoms with van der Waals surface area (Å²) in [6.07, 6.45) is 2.72. The van der Waals surface area contributed by atoms with Crippen molar-refractivity contribution in [2.75, 3.05) is 12.4 Å². The lowest BCUT2D eigenvalue weighted by molar-refractivity contribution is 0.0700. The summed E-state index contributed by atoms with van der Waals surface area (Å²) in [5.74, 6) is -0.212. The van der Waals surface area contributed by atoms with Crippen LogP contribution in [-0.2, 0) is 0 Å². The van der Waals surface area contributed by atoms with Gasteiger partial charge in [-0.05, 0) is 0 Å². The quantitative estimate of drug-likeness (QED) is 0.414. The molecule has 3 N–H and O–H groups in total. The van der Waals surface area contributed by atoms with Crippen molar-refractivity contribution in [3.63, 3.8) is 0 Å². The Morgan fingerprint density at radius 3 is 2.92 bits per heavy atom. The van der Waals surface area contributed by atoms with E-state index in [-0.39, 0.29) is 5.69 Å². The van der Waals surface area contributed by atoms with E-state index < -0.39 is 5.91 Å². The van der Waals surface area contributed by atoms with E-state index in [1.54, 1.807) is 7.05 Å². The van der Waals surface area contributed by atoms with Crippen molar-refractivity contribution in [3.05, 3.63) is 18.1 Å². The van der Waals surface area contributed by atoms with E-state index in [4.69, 9.17) is 5.21 Å². The van der Waals surface area contributed by atoms with Crippen LogP contribution in [0.2, 0.25) is 0 Å². The van der Waals surface area contributed by atoms with Gasteiger partial charge in [0.25, 0.3) is 5.91 Å². The van der Waals surface area contributed by atoms with Crippen molar-refractivity contribution in [2.24, 2.45) is 0 Å². The molecule has 6 nitrogen and oxygen atoms in total. The normalized spacial score (nSPS) is 9.17. The number of nitrogens with zero attached hydrogens (tertiary/aromatic N) is 2. The maximum absolute atomic E-state index is 10.8. The van der Waals surface area contributed by atoms with Crippen molar-refractivity contribution in [2.45, 2.75) is 0 Å². The topological polar surface area (TPSA) is 87.1 Å². The molecular weight excluding hydrogens is 160 g/mol. The molecule has 0 aliphatic rings. The summed E-state index contributed by atoms with van der Waals surface area (Å²) in [5, 5.41) is 11.0. The van der Waals surface area contributed by atoms with Gasteiger partial charge in [-0.25, -0.2) is 10.5 Å². The van der Waals surface area contributed by atoms with Gasteiger partial charge in [0.2, 0.25) is 0 Å². The molecule has 64 valence electrons. The molecule has 0 saturated heterocycles. The van der Waals surface area contributed by atoms with E-state index >= 15 is 0 Å². The fourth-order valence-corrected chi connectivity index (χ4v) is 0.653. The van der Waals surface area contributed by atoms with E-state index in [1.165, 1.54) is 17.9 Å². The van der Waals surface area contributed by atoms with Crippen LogP contribution in [0.5, 0.6) is 0 Å². The van der Waals surface area contributed by atoms with Crippen LogP contribution in [0.4, 0.5) is 5.82 Å². The summed E-state index contributed by atoms with van der Waals surface area (Å²) in [5.41, 5.74) is 1.52. The molecule has 0 spiro atoms. The van der Waals surface area contributed by atoms with Gasteiger partial charge >= 0.3 is 0 Å². The minimum Gasteiger partial charge on any atom is -0.372 e. The third-order valence-corrected chi connectivity index (χ3v) is 1.22. The molecule has 0 atom stereocenters. The van der Waals surface area contributed by atoms with Gasteiger partial charge in [-0.15, -0.1) is 0 Å². The van der Waals surface area contributed by atoms with Gasteiger partial charge in [0.1, 0.15) is 5.82 Å². The number of carbonyl (C=O) groups excluding carboxylic acids is 1. The molecule has 1 aromatic heterocycles. The number of carbonyl (C=O) groups is 1. The third kappa shape index (κ3) is 1.67. The van der Waals surface area contributed by atoms with E-state index in [9.17, 15) is 4.79 Å². The summed E-state index contributed by atoms with van der Waals surface area (Å²) >= 11 is 0. The van der Waals surface area contributed by atoms with Gasteiger partial charge in [0, 0.05) is 7.05 Å². The summed E-state index contributed by atoms with van der Waals surface area (Å²) in [6, 6.07) is 0. The van der Waals surface area contributed by atoms with Crippen LogP contribution < -0.4 is 10.8 Å². The van der Waals surface area contributed by atoms with Crippen molar-refractivity contribution in [3.8, 4) is 0 Å². The Bertz CT molecular complexity index is 289. The molecule has 1 heterocycles. The first-order valence-electron chi connectivity index (χ1n) is 3.22. The number of hydroxylamine groups is 1. The molecule has 0 aliphatic heterocycles. The lowest BCUT2D eigenvalue weighted by Crippen LogP contribution is -2.20. The molecule has 0 aromatic carbocycles. The Kier molecular flexibility index (Phi) is 2.54. The molecule has 0 bridgehead atoms. The predicted octanol–water partition coefficient (Wildman–Crippen LogP) is -0.363. The van der Waals surface area contributed by atoms with Crippen LogP contribution in [-0.4, -0.2) is 28.1 Å². The van der Waals surface area contributed by atoms with Gasteiger partial charge in [-0.2, -0.15) is 0 Å². The van der Waals surface area contributed by atoms with Crippen molar-refractivity contribution in [1.82, 2.24) is 15.4 Å². The molecule has 12 heavy (non-hydrogen) atoms. The van der Waals surface area contributed by atoms with Crippen LogP contribution in [0.15, 0.2) is 12.4 Å². The SMILES string of the molecule is CNc1cncc(C(=O)NO)n1. The van der Waals surface area contributed by atoms with E-state index in [0.29, 0.717) is 5.82 Å². The number of aromatic nitrogens is 2.